The molecule has 0 aromatic carbocycles. The van der Waals surface area contributed by atoms with Crippen molar-refractivity contribution in [2.24, 2.45) is 4.74 Å². The SMILES string of the molecule is CC(C)N=P(Cl)(CCC#N)C(C)C.[BH].[B][C@@H]1O[C@H](CC)[C@H](O)C1O[C@H](C)[C@H](C)OC.[B][C@@H]1O[C@H](CC)[C@H](O)C1O[C@H](C)[C@H](C)OC.[B][C@@H]1O[C@H](CC)[C@H](OC(=O)CCC(=O)NC)C1O[C@H](C)[C@H](C)OC.[B][C@@H]1O[C@H](CC)[C@H](OP(C)OCC[N+]#[C-])C1O[C@H](C)[C@H](C)OC. The zero-order valence-electron chi connectivity index (χ0n) is 60.0. The van der Waals surface area contributed by atoms with E-state index in [2.05, 4.69) is 34.8 Å². The molecule has 31 heteroatoms. The molecule has 4 fully saturated rings. The summed E-state index contributed by atoms with van der Waals surface area (Å²) in [7, 11) is 30.5. The summed E-state index contributed by atoms with van der Waals surface area (Å²) >= 11 is 6.44. The number of carbonyl (C=O) groups excluding carboxylic acids is 2. The number of methoxy groups -OCH3 is 4. The maximum atomic E-state index is 12.0. The Morgan fingerprint density at radius 3 is 1.30 bits per heavy atom. The van der Waals surface area contributed by atoms with Crippen molar-refractivity contribution in [2.75, 3.05) is 61.5 Å². The monoisotopic (exact) mass is 1370 g/mol. The lowest BCUT2D eigenvalue weighted by Crippen LogP contribution is -2.43. The van der Waals surface area contributed by atoms with Crippen molar-refractivity contribution in [3.63, 3.8) is 0 Å². The number of nitrogens with zero attached hydrogens (tertiary/aromatic N) is 3. The molecule has 4 rings (SSSR count). The number of ether oxygens (including phenoxy) is 13. The van der Waals surface area contributed by atoms with E-state index in [-0.39, 0.29) is 119 Å². The van der Waals surface area contributed by atoms with Gasteiger partial charge in [0.1, 0.15) is 80.7 Å². The molecule has 0 saturated carbocycles. The maximum Gasteiger partial charge on any atom is 0.306 e. The zero-order chi connectivity index (χ0) is 70.7. The average molecular weight is 1370 g/mol. The molecule has 0 aromatic heterocycles. The normalized spacial score (nSPS) is 30.7. The minimum Gasteiger partial charge on any atom is -0.457 e. The molecule has 23 nitrogen and oxygen atoms in total. The van der Waals surface area contributed by atoms with Gasteiger partial charge < -0.3 is 91.0 Å². The largest absolute Gasteiger partial charge is 0.457 e. The van der Waals surface area contributed by atoms with Crippen LogP contribution in [0.4, 0.5) is 0 Å². The summed E-state index contributed by atoms with van der Waals surface area (Å²) in [6.07, 6.45) is -3.47. The predicted octanol–water partition coefficient (Wildman–Crippen LogP) is 7.24. The van der Waals surface area contributed by atoms with Gasteiger partial charge in [0.25, 0.3) is 0 Å². The Balaban J connectivity index is 0. The lowest BCUT2D eigenvalue weighted by molar-refractivity contribution is -0.163. The van der Waals surface area contributed by atoms with E-state index in [1.54, 1.807) is 28.4 Å². The molecular formula is C62H116B5ClN4O19P2. The molecule has 0 spiro atoms. The topological polar surface area (TPSA) is 266 Å². The Labute approximate surface area is 573 Å². The molecule has 10 radical (unpaired) electrons. The third-order valence-electron chi connectivity index (χ3n) is 16.3. The summed E-state index contributed by atoms with van der Waals surface area (Å²) in [5.41, 5.74) is 0.380. The number of hydrogen-bond acceptors (Lipinski definition) is 21. The summed E-state index contributed by atoms with van der Waals surface area (Å²) in [5, 5.41) is 30.9. The van der Waals surface area contributed by atoms with Crippen LogP contribution in [0.25, 0.3) is 4.85 Å². The smallest absolute Gasteiger partial charge is 0.306 e. The molecule has 1 amide bonds. The summed E-state index contributed by atoms with van der Waals surface area (Å²) in [5.74, 6) is -0.686. The fraction of sp³-hybridized carbons (Fsp3) is 0.935. The Bertz CT molecular complexity index is 2100. The first-order valence-electron chi connectivity index (χ1n) is 32.4. The molecule has 4 saturated heterocycles. The third kappa shape index (κ3) is 33.1. The first kappa shape index (κ1) is 93.6. The minimum atomic E-state index is -1.74. The molecule has 530 valence electrons. The van der Waals surface area contributed by atoms with E-state index in [0.29, 0.717) is 31.7 Å². The lowest BCUT2D eigenvalue weighted by atomic mass is 9.92. The second kappa shape index (κ2) is 50.0. The number of aliphatic hydroxyl groups is 2. The predicted molar refractivity (Wildman–Crippen MR) is 370 cm³/mol. The van der Waals surface area contributed by atoms with Crippen LogP contribution in [-0.2, 0) is 80.2 Å². The van der Waals surface area contributed by atoms with Crippen LogP contribution in [0, 0.1) is 17.9 Å². The Morgan fingerprint density at radius 1 is 0.624 bits per heavy atom. The van der Waals surface area contributed by atoms with Crippen molar-refractivity contribution in [1.82, 2.24) is 5.32 Å². The number of nitriles is 1. The standard InChI is InChI=1S/C16H28BNO6.C15H27BNO5P.2C11H21BO4.C9H18ClN2P.BH/c1-6-11-14(24-13(20)8-7-12(19)18-4)15(16(17)23-11)22-10(3)9(2)21-5;1-7-12-13(22-23(6)19-9-8-17-4)14(15(16)21-12)20-11(3)10(2)18-5;2*1-5-8-9(13)10(11(12)16-8)15-7(3)6(2)14-4;1-8(2)12-13(10,9(3)4)7-5-6-11;/h9-11,14-16H,6-8H2,1-5H3,(H,18,19);10-15H,7-9H2,1-3,5-6H3;2*6-11,13H,5H2,1-4H3;8-9H,5,7H2,1-4H3;1H/t9-,10+,11+,14-,15?,16+;10-,11+,12+,13-,14?,15+,23?;2*6-,7+,8+,9-,10?,11+;;/m0000../s1. The van der Waals surface area contributed by atoms with Gasteiger partial charge in [-0.2, -0.15) is 5.26 Å². The number of esters is 1. The van der Waals surface area contributed by atoms with E-state index in [1.165, 1.54) is 7.05 Å². The van der Waals surface area contributed by atoms with Crippen LogP contribution >= 0.6 is 26.0 Å². The fourth-order valence-electron chi connectivity index (χ4n) is 9.48. The Kier molecular flexibility index (Phi) is 50.3. The van der Waals surface area contributed by atoms with Gasteiger partial charge in [-0.1, -0.05) is 52.8 Å². The van der Waals surface area contributed by atoms with Gasteiger partial charge >= 0.3 is 5.97 Å². The number of aliphatic hydroxyl groups excluding tert-OH is 2. The summed E-state index contributed by atoms with van der Waals surface area (Å²) in [6.45, 7) is 40.7. The van der Waals surface area contributed by atoms with Gasteiger partial charge in [0, 0.05) is 105 Å². The second-order valence-corrected chi connectivity index (χ2v) is 30.0. The number of halogens is 1. The summed E-state index contributed by atoms with van der Waals surface area (Å²) in [6, 6.07) is 0.0572. The summed E-state index contributed by atoms with van der Waals surface area (Å²) in [4.78, 5) is 26.5. The molecule has 0 aromatic rings. The highest BCUT2D eigenvalue weighted by atomic mass is 35.7. The van der Waals surface area contributed by atoms with Crippen LogP contribution in [0.1, 0.15) is 156 Å². The van der Waals surface area contributed by atoms with E-state index < -0.39 is 81.4 Å². The highest BCUT2D eigenvalue weighted by Crippen LogP contribution is 2.60. The molecule has 0 aliphatic carbocycles. The third-order valence-corrected chi connectivity index (χ3v) is 22.6. The lowest BCUT2D eigenvalue weighted by Gasteiger charge is -2.30. The number of amides is 1. The summed E-state index contributed by atoms with van der Waals surface area (Å²) < 4.78 is 88.1. The van der Waals surface area contributed by atoms with Crippen molar-refractivity contribution >= 4 is 77.7 Å². The van der Waals surface area contributed by atoms with Crippen LogP contribution in [0.3, 0.4) is 0 Å². The number of carbonyl (C=O) groups is 2. The molecule has 93 heavy (non-hydrogen) atoms. The highest BCUT2D eigenvalue weighted by Gasteiger charge is 2.48. The van der Waals surface area contributed by atoms with Crippen LogP contribution < -0.4 is 5.32 Å². The van der Waals surface area contributed by atoms with Crippen LogP contribution in [-0.4, -0.2) is 281 Å². The van der Waals surface area contributed by atoms with Gasteiger partial charge in [-0.3, -0.25) is 14.3 Å². The van der Waals surface area contributed by atoms with Gasteiger partial charge in [0.2, 0.25) is 12.5 Å². The second-order valence-electron chi connectivity index (χ2n) is 23.7. The van der Waals surface area contributed by atoms with Crippen molar-refractivity contribution in [3.8, 4) is 6.07 Å². The first-order chi connectivity index (χ1) is 43.2. The van der Waals surface area contributed by atoms with Crippen molar-refractivity contribution in [2.45, 2.75) is 314 Å². The van der Waals surface area contributed by atoms with E-state index >= 15 is 0 Å². The highest BCUT2D eigenvalue weighted by molar-refractivity contribution is 7.91. The molecule has 0 bridgehead atoms. The quantitative estimate of drug-likeness (QED) is 0.0192. The number of nitrogens with one attached hydrogen (secondary N) is 1. The number of rotatable bonds is 33. The van der Waals surface area contributed by atoms with Crippen LogP contribution in [0.15, 0.2) is 4.74 Å². The van der Waals surface area contributed by atoms with E-state index in [9.17, 15) is 19.8 Å². The Morgan fingerprint density at radius 2 is 0.978 bits per heavy atom. The van der Waals surface area contributed by atoms with Gasteiger partial charge in [0.05, 0.1) is 92.1 Å². The molecule has 3 N–H and O–H groups in total. The van der Waals surface area contributed by atoms with Crippen molar-refractivity contribution in [1.29, 1.82) is 5.26 Å². The van der Waals surface area contributed by atoms with E-state index in [0.717, 1.165) is 25.4 Å². The maximum absolute atomic E-state index is 12.0. The van der Waals surface area contributed by atoms with Gasteiger partial charge in [0.15, 0.2) is 14.5 Å². The van der Waals surface area contributed by atoms with Gasteiger partial charge in [-0.05, 0) is 94.9 Å². The van der Waals surface area contributed by atoms with E-state index in [4.69, 9.17) is 125 Å². The van der Waals surface area contributed by atoms with Crippen molar-refractivity contribution < 1.29 is 90.4 Å². The van der Waals surface area contributed by atoms with Crippen LogP contribution in [0.2, 0.25) is 0 Å². The Hall–Kier alpha value is -1.45. The van der Waals surface area contributed by atoms with Crippen LogP contribution in [0.5, 0.6) is 0 Å². The molecular weight excluding hydrogens is 1260 g/mol. The molecule has 6 unspecified atom stereocenters. The van der Waals surface area contributed by atoms with Gasteiger partial charge in [-0.15, -0.1) is 0 Å². The zero-order valence-corrected chi connectivity index (χ0v) is 62.6. The minimum absolute atomic E-state index is 0. The molecule has 4 aliphatic heterocycles. The molecule has 26 atom stereocenters. The first-order valence-corrected chi connectivity index (χ1v) is 36.9. The molecule has 4 aliphatic rings. The number of hydrogen-bond donors (Lipinski definition) is 3. The van der Waals surface area contributed by atoms with E-state index in [1.807, 2.05) is 104 Å². The fourth-order valence-corrected chi connectivity index (χ4v) is 13.3. The average Bonchev–Trinajstić information content (AvgIpc) is 1.73. The molecule has 4 heterocycles. The van der Waals surface area contributed by atoms with Gasteiger partial charge in [-0.25, -0.2) is 6.57 Å². The van der Waals surface area contributed by atoms with Crippen molar-refractivity contribution in [3.05, 3.63) is 11.4 Å².